The Morgan fingerprint density at radius 1 is 1.04 bits per heavy atom. The number of carbonyl (C=O) groups excluding carboxylic acids is 1. The molecule has 0 heterocycles. The molecule has 0 saturated heterocycles. The second-order valence-electron chi connectivity index (χ2n) is 6.88. The summed E-state index contributed by atoms with van der Waals surface area (Å²) in [4.78, 5) is 11.6. The molecule has 2 aromatic rings. The van der Waals surface area contributed by atoms with Gasteiger partial charge in [0.2, 0.25) is 0 Å². The summed E-state index contributed by atoms with van der Waals surface area (Å²) in [7, 11) is 0. The van der Waals surface area contributed by atoms with Crippen molar-refractivity contribution in [2.24, 2.45) is 0 Å². The Labute approximate surface area is 153 Å². The molecule has 0 spiro atoms. The molecule has 2 unspecified atom stereocenters. The fourth-order valence-electron chi connectivity index (χ4n) is 2.22. The Kier molecular flexibility index (Phi) is 6.60. The van der Waals surface area contributed by atoms with E-state index in [0.717, 1.165) is 0 Å². The molecule has 6 nitrogen and oxygen atoms in total. The zero-order chi connectivity index (χ0) is 19.2. The zero-order valence-electron chi connectivity index (χ0n) is 15.2. The fraction of sp³-hybridized carbons (Fsp3) is 0.350. The van der Waals surface area contributed by atoms with Crippen LogP contribution in [0, 0.1) is 0 Å². The quantitative estimate of drug-likeness (QED) is 0.736. The summed E-state index contributed by atoms with van der Waals surface area (Å²) in [5.74, 6) is 1.21. The smallest absolute Gasteiger partial charge is 0.407 e. The van der Waals surface area contributed by atoms with Crippen molar-refractivity contribution in [3.63, 3.8) is 0 Å². The number of rotatable bonds is 6. The number of aliphatic hydroxyl groups excluding tert-OH is 2. The normalized spacial score (nSPS) is 13.6. The molecule has 26 heavy (non-hydrogen) atoms. The summed E-state index contributed by atoms with van der Waals surface area (Å²) >= 11 is 0. The van der Waals surface area contributed by atoms with E-state index >= 15 is 0 Å². The van der Waals surface area contributed by atoms with Crippen LogP contribution in [0.3, 0.4) is 0 Å². The van der Waals surface area contributed by atoms with Crippen LogP contribution in [0.5, 0.6) is 11.5 Å². The van der Waals surface area contributed by atoms with Gasteiger partial charge in [0, 0.05) is 6.54 Å². The second-order valence-corrected chi connectivity index (χ2v) is 6.88. The van der Waals surface area contributed by atoms with Crippen LogP contribution in [-0.4, -0.2) is 34.6 Å². The summed E-state index contributed by atoms with van der Waals surface area (Å²) < 4.78 is 10.8. The molecule has 0 aliphatic rings. The molecule has 0 saturated carbocycles. The zero-order valence-corrected chi connectivity index (χ0v) is 15.2. The maximum atomic E-state index is 11.6. The van der Waals surface area contributed by atoms with Crippen molar-refractivity contribution in [3.05, 3.63) is 60.2 Å². The van der Waals surface area contributed by atoms with Gasteiger partial charge in [-0.1, -0.05) is 30.3 Å². The maximum Gasteiger partial charge on any atom is 0.407 e. The third kappa shape index (κ3) is 6.38. The van der Waals surface area contributed by atoms with Crippen molar-refractivity contribution in [2.45, 2.75) is 38.6 Å². The van der Waals surface area contributed by atoms with Gasteiger partial charge in [0.15, 0.2) is 0 Å². The van der Waals surface area contributed by atoms with Crippen molar-refractivity contribution in [1.82, 2.24) is 5.32 Å². The van der Waals surface area contributed by atoms with E-state index in [1.54, 1.807) is 45.0 Å². The Morgan fingerprint density at radius 3 is 2.35 bits per heavy atom. The van der Waals surface area contributed by atoms with Crippen molar-refractivity contribution < 1.29 is 24.5 Å². The topological polar surface area (TPSA) is 88.0 Å². The van der Waals surface area contributed by atoms with Gasteiger partial charge in [-0.2, -0.15) is 0 Å². The van der Waals surface area contributed by atoms with E-state index in [-0.39, 0.29) is 6.54 Å². The van der Waals surface area contributed by atoms with Crippen LogP contribution in [-0.2, 0) is 4.74 Å². The summed E-state index contributed by atoms with van der Waals surface area (Å²) in [6.45, 7) is 5.10. The van der Waals surface area contributed by atoms with E-state index in [1.807, 2.05) is 30.3 Å². The minimum absolute atomic E-state index is 0.139. The predicted octanol–water partition coefficient (Wildman–Crippen LogP) is 3.40. The highest BCUT2D eigenvalue weighted by molar-refractivity contribution is 5.67. The van der Waals surface area contributed by atoms with Gasteiger partial charge >= 0.3 is 6.09 Å². The van der Waals surface area contributed by atoms with Crippen LogP contribution in [0.2, 0.25) is 0 Å². The lowest BCUT2D eigenvalue weighted by atomic mass is 10.0. The highest BCUT2D eigenvalue weighted by atomic mass is 16.6. The number of para-hydroxylation sites is 1. The Morgan fingerprint density at radius 2 is 1.69 bits per heavy atom. The van der Waals surface area contributed by atoms with Crippen LogP contribution in [0.25, 0.3) is 0 Å². The number of ether oxygens (including phenoxy) is 2. The molecular formula is C20H25NO5. The Bertz CT molecular complexity index is 712. The van der Waals surface area contributed by atoms with Gasteiger partial charge in [0.05, 0.1) is 0 Å². The third-order valence-electron chi connectivity index (χ3n) is 3.40. The molecule has 2 atom stereocenters. The molecule has 0 aromatic heterocycles. The number of carbonyl (C=O) groups is 1. The lowest BCUT2D eigenvalue weighted by Crippen LogP contribution is -2.38. The summed E-state index contributed by atoms with van der Waals surface area (Å²) in [5, 5.41) is 22.9. The first-order valence-electron chi connectivity index (χ1n) is 8.40. The van der Waals surface area contributed by atoms with Gasteiger partial charge in [-0.25, -0.2) is 4.79 Å². The largest absolute Gasteiger partial charge is 0.457 e. The number of alkyl carbamates (subject to hydrolysis) is 1. The lowest BCUT2D eigenvalue weighted by molar-refractivity contribution is 0.0128. The van der Waals surface area contributed by atoms with Crippen molar-refractivity contribution in [3.8, 4) is 11.5 Å². The molecule has 6 heteroatoms. The van der Waals surface area contributed by atoms with Crippen molar-refractivity contribution in [1.29, 1.82) is 0 Å². The van der Waals surface area contributed by atoms with Crippen molar-refractivity contribution >= 4 is 6.09 Å². The van der Waals surface area contributed by atoms with E-state index in [1.165, 1.54) is 0 Å². The van der Waals surface area contributed by atoms with E-state index in [9.17, 15) is 15.0 Å². The van der Waals surface area contributed by atoms with Crippen molar-refractivity contribution in [2.75, 3.05) is 6.54 Å². The molecule has 0 aliphatic carbocycles. The molecule has 0 radical (unpaired) electrons. The number of benzene rings is 2. The first-order valence-corrected chi connectivity index (χ1v) is 8.40. The van der Waals surface area contributed by atoms with Gasteiger partial charge in [0.1, 0.15) is 29.3 Å². The highest BCUT2D eigenvalue weighted by Gasteiger charge is 2.21. The van der Waals surface area contributed by atoms with E-state index in [4.69, 9.17) is 9.47 Å². The molecule has 2 aromatic carbocycles. The monoisotopic (exact) mass is 359 g/mol. The third-order valence-corrected chi connectivity index (χ3v) is 3.40. The van der Waals surface area contributed by atoms with Crippen LogP contribution >= 0.6 is 0 Å². The lowest BCUT2D eigenvalue weighted by Gasteiger charge is -2.22. The first kappa shape index (κ1) is 19.8. The van der Waals surface area contributed by atoms with E-state index in [0.29, 0.717) is 17.1 Å². The standard InChI is InChI=1S/C20H25NO5/c1-20(2,3)26-19(24)21-13-17(22)18(23)14-8-7-11-16(12-14)25-15-9-5-4-6-10-15/h4-12,17-18,22-23H,13H2,1-3H3,(H,21,24). The molecule has 3 N–H and O–H groups in total. The number of aliphatic hydroxyl groups is 2. The Balaban J connectivity index is 1.95. The number of hydrogen-bond acceptors (Lipinski definition) is 5. The van der Waals surface area contributed by atoms with Gasteiger partial charge in [0.25, 0.3) is 0 Å². The fourth-order valence-corrected chi connectivity index (χ4v) is 2.22. The Hall–Kier alpha value is -2.57. The molecule has 2 rings (SSSR count). The molecule has 140 valence electrons. The minimum Gasteiger partial charge on any atom is -0.457 e. The van der Waals surface area contributed by atoms with Crippen LogP contribution in [0.15, 0.2) is 54.6 Å². The average Bonchev–Trinajstić information content (AvgIpc) is 2.58. The van der Waals surface area contributed by atoms with Crippen LogP contribution in [0.4, 0.5) is 4.79 Å². The number of nitrogens with one attached hydrogen (secondary N) is 1. The molecule has 0 fully saturated rings. The highest BCUT2D eigenvalue weighted by Crippen LogP contribution is 2.25. The summed E-state index contributed by atoms with van der Waals surface area (Å²) in [5.41, 5.74) is -0.145. The number of amides is 1. The van der Waals surface area contributed by atoms with Crippen LogP contribution < -0.4 is 10.1 Å². The van der Waals surface area contributed by atoms with Gasteiger partial charge in [-0.3, -0.25) is 0 Å². The van der Waals surface area contributed by atoms with E-state index < -0.39 is 23.9 Å². The molecule has 0 bridgehead atoms. The molecule has 1 amide bonds. The van der Waals surface area contributed by atoms with Crippen LogP contribution in [0.1, 0.15) is 32.4 Å². The first-order chi connectivity index (χ1) is 12.2. The van der Waals surface area contributed by atoms with Gasteiger partial charge in [-0.05, 0) is 50.6 Å². The average molecular weight is 359 g/mol. The number of hydrogen-bond donors (Lipinski definition) is 3. The second kappa shape index (κ2) is 8.69. The van der Waals surface area contributed by atoms with Gasteiger partial charge in [-0.15, -0.1) is 0 Å². The molecular weight excluding hydrogens is 334 g/mol. The van der Waals surface area contributed by atoms with E-state index in [2.05, 4.69) is 5.32 Å². The van der Waals surface area contributed by atoms with Gasteiger partial charge < -0.3 is 25.0 Å². The summed E-state index contributed by atoms with van der Waals surface area (Å²) in [6.07, 6.45) is -3.01. The maximum absolute atomic E-state index is 11.6. The molecule has 0 aliphatic heterocycles. The predicted molar refractivity (Wildman–Crippen MR) is 98.2 cm³/mol. The minimum atomic E-state index is -1.19. The SMILES string of the molecule is CC(C)(C)OC(=O)NCC(O)C(O)c1cccc(Oc2ccccc2)c1. The summed E-state index contributed by atoms with van der Waals surface area (Å²) in [6, 6.07) is 16.1.